The third-order valence-electron chi connectivity index (χ3n) is 3.16. The Morgan fingerprint density at radius 1 is 1.25 bits per heavy atom. The Bertz CT molecular complexity index is 372. The highest BCUT2D eigenvalue weighted by molar-refractivity contribution is 6.01. The van der Waals surface area contributed by atoms with Crippen LogP contribution in [0.25, 0.3) is 0 Å². The molecule has 0 spiro atoms. The first-order chi connectivity index (χ1) is 9.51. The summed E-state index contributed by atoms with van der Waals surface area (Å²) in [5, 5.41) is 0. The van der Waals surface area contributed by atoms with Gasteiger partial charge < -0.3 is 20.1 Å². The SMILES string of the molecule is CCOC(=O)C1CCCN(C(=O)C(N)C(=O)OCC)C1. The maximum absolute atomic E-state index is 12.1. The summed E-state index contributed by atoms with van der Waals surface area (Å²) in [4.78, 5) is 36.7. The molecule has 1 heterocycles. The molecule has 1 amide bonds. The normalized spacial score (nSPS) is 20.1. The van der Waals surface area contributed by atoms with Gasteiger partial charge in [-0.15, -0.1) is 0 Å². The molecule has 7 heteroatoms. The van der Waals surface area contributed by atoms with Gasteiger partial charge in [0, 0.05) is 13.1 Å². The van der Waals surface area contributed by atoms with Crippen LogP contribution in [0.15, 0.2) is 0 Å². The number of amides is 1. The fourth-order valence-corrected chi connectivity index (χ4v) is 2.16. The number of nitrogens with two attached hydrogens (primary N) is 1. The van der Waals surface area contributed by atoms with Crippen LogP contribution >= 0.6 is 0 Å². The fourth-order valence-electron chi connectivity index (χ4n) is 2.16. The maximum atomic E-state index is 12.1. The molecule has 7 nitrogen and oxygen atoms in total. The molecular weight excluding hydrogens is 264 g/mol. The van der Waals surface area contributed by atoms with Crippen LogP contribution in [0.2, 0.25) is 0 Å². The molecule has 2 unspecified atom stereocenters. The number of esters is 2. The van der Waals surface area contributed by atoms with Crippen LogP contribution in [0.3, 0.4) is 0 Å². The molecule has 0 aromatic heterocycles. The predicted molar refractivity (Wildman–Crippen MR) is 70.5 cm³/mol. The highest BCUT2D eigenvalue weighted by Crippen LogP contribution is 2.18. The lowest BCUT2D eigenvalue weighted by molar-refractivity contribution is -0.154. The first-order valence-electron chi connectivity index (χ1n) is 6.88. The average molecular weight is 286 g/mol. The van der Waals surface area contributed by atoms with E-state index >= 15 is 0 Å². The van der Waals surface area contributed by atoms with E-state index in [1.807, 2.05) is 0 Å². The smallest absolute Gasteiger partial charge is 0.332 e. The Hall–Kier alpha value is -1.63. The van der Waals surface area contributed by atoms with Gasteiger partial charge in [0.15, 0.2) is 6.04 Å². The number of carbonyl (C=O) groups is 3. The monoisotopic (exact) mass is 286 g/mol. The van der Waals surface area contributed by atoms with Crippen LogP contribution in [0, 0.1) is 5.92 Å². The molecule has 0 radical (unpaired) electrons. The number of ether oxygens (including phenoxy) is 2. The van der Waals surface area contributed by atoms with Gasteiger partial charge in [-0.2, -0.15) is 0 Å². The Balaban J connectivity index is 2.60. The molecule has 2 N–H and O–H groups in total. The van der Waals surface area contributed by atoms with Crippen molar-refractivity contribution < 1.29 is 23.9 Å². The summed E-state index contributed by atoms with van der Waals surface area (Å²) in [7, 11) is 0. The second-order valence-electron chi connectivity index (χ2n) is 4.61. The average Bonchev–Trinajstić information content (AvgIpc) is 2.46. The Morgan fingerprint density at radius 2 is 1.90 bits per heavy atom. The second-order valence-corrected chi connectivity index (χ2v) is 4.61. The molecule has 1 aliphatic heterocycles. The number of rotatable bonds is 5. The van der Waals surface area contributed by atoms with E-state index in [2.05, 4.69) is 0 Å². The molecule has 0 saturated carbocycles. The Labute approximate surface area is 118 Å². The van der Waals surface area contributed by atoms with Crippen molar-refractivity contribution in [2.24, 2.45) is 11.7 Å². The Morgan fingerprint density at radius 3 is 2.50 bits per heavy atom. The number of nitrogens with zero attached hydrogens (tertiary/aromatic N) is 1. The van der Waals surface area contributed by atoms with Crippen molar-refractivity contribution in [3.8, 4) is 0 Å². The van der Waals surface area contributed by atoms with Crippen molar-refractivity contribution in [2.45, 2.75) is 32.7 Å². The van der Waals surface area contributed by atoms with Crippen molar-refractivity contribution in [1.29, 1.82) is 0 Å². The lowest BCUT2D eigenvalue weighted by atomic mass is 9.97. The van der Waals surface area contributed by atoms with Gasteiger partial charge in [-0.05, 0) is 26.7 Å². The van der Waals surface area contributed by atoms with Gasteiger partial charge in [0.05, 0.1) is 19.1 Å². The number of carbonyl (C=O) groups excluding carboxylic acids is 3. The maximum Gasteiger partial charge on any atom is 0.332 e. The molecule has 1 saturated heterocycles. The molecular formula is C13H22N2O5. The molecule has 2 atom stereocenters. The molecule has 1 fully saturated rings. The molecule has 114 valence electrons. The summed E-state index contributed by atoms with van der Waals surface area (Å²) in [6.07, 6.45) is 1.36. The van der Waals surface area contributed by atoms with Crippen LogP contribution < -0.4 is 5.73 Å². The van der Waals surface area contributed by atoms with E-state index in [-0.39, 0.29) is 25.0 Å². The first kappa shape index (κ1) is 16.4. The van der Waals surface area contributed by atoms with Gasteiger partial charge in [0.25, 0.3) is 5.91 Å². The standard InChI is InChI=1S/C13H22N2O5/c1-3-19-12(17)9-6-5-7-15(8-9)11(16)10(14)13(18)20-4-2/h9-10H,3-8,14H2,1-2H3. The van der Waals surface area contributed by atoms with Crippen LogP contribution in [-0.4, -0.2) is 55.1 Å². The van der Waals surface area contributed by atoms with Crippen LogP contribution in [0.5, 0.6) is 0 Å². The molecule has 1 rings (SSSR count). The summed E-state index contributed by atoms with van der Waals surface area (Å²) in [6, 6.07) is -1.32. The van der Waals surface area contributed by atoms with E-state index in [1.54, 1.807) is 13.8 Å². The minimum absolute atomic E-state index is 0.172. The largest absolute Gasteiger partial charge is 0.466 e. The number of hydrogen-bond acceptors (Lipinski definition) is 6. The zero-order chi connectivity index (χ0) is 15.1. The summed E-state index contributed by atoms with van der Waals surface area (Å²) >= 11 is 0. The van der Waals surface area contributed by atoms with Gasteiger partial charge in [-0.3, -0.25) is 9.59 Å². The van der Waals surface area contributed by atoms with Crippen molar-refractivity contribution in [3.05, 3.63) is 0 Å². The van der Waals surface area contributed by atoms with E-state index in [0.29, 0.717) is 26.0 Å². The number of piperidine rings is 1. The summed E-state index contributed by atoms with van der Waals surface area (Å²) < 4.78 is 9.68. The minimum Gasteiger partial charge on any atom is -0.466 e. The first-order valence-corrected chi connectivity index (χ1v) is 6.88. The van der Waals surface area contributed by atoms with E-state index in [4.69, 9.17) is 15.2 Å². The third-order valence-corrected chi connectivity index (χ3v) is 3.16. The van der Waals surface area contributed by atoms with Crippen molar-refractivity contribution in [3.63, 3.8) is 0 Å². The van der Waals surface area contributed by atoms with Gasteiger partial charge in [0.2, 0.25) is 0 Å². The molecule has 0 aromatic carbocycles. The third kappa shape index (κ3) is 4.19. The molecule has 0 bridgehead atoms. The minimum atomic E-state index is -1.32. The van der Waals surface area contributed by atoms with Crippen LogP contribution in [0.4, 0.5) is 0 Å². The van der Waals surface area contributed by atoms with Crippen LogP contribution in [0.1, 0.15) is 26.7 Å². The summed E-state index contributed by atoms with van der Waals surface area (Å²) in [5.74, 6) is -1.90. The van der Waals surface area contributed by atoms with E-state index in [1.165, 1.54) is 4.90 Å². The van der Waals surface area contributed by atoms with Gasteiger partial charge >= 0.3 is 11.9 Å². The summed E-state index contributed by atoms with van der Waals surface area (Å²) in [6.45, 7) is 4.59. The van der Waals surface area contributed by atoms with Gasteiger partial charge in [-0.25, -0.2) is 4.79 Å². The van der Waals surface area contributed by atoms with Gasteiger partial charge in [-0.1, -0.05) is 0 Å². The number of hydrogen-bond donors (Lipinski definition) is 1. The molecule has 20 heavy (non-hydrogen) atoms. The van der Waals surface area contributed by atoms with E-state index in [9.17, 15) is 14.4 Å². The zero-order valence-electron chi connectivity index (χ0n) is 12.0. The van der Waals surface area contributed by atoms with Crippen molar-refractivity contribution in [1.82, 2.24) is 4.90 Å². The van der Waals surface area contributed by atoms with E-state index in [0.717, 1.165) is 0 Å². The lowest BCUT2D eigenvalue weighted by Gasteiger charge is -2.32. The van der Waals surface area contributed by atoms with E-state index < -0.39 is 17.9 Å². The molecule has 0 aliphatic carbocycles. The fraction of sp³-hybridized carbons (Fsp3) is 0.769. The zero-order valence-corrected chi connectivity index (χ0v) is 12.0. The van der Waals surface area contributed by atoms with Crippen molar-refractivity contribution >= 4 is 17.8 Å². The van der Waals surface area contributed by atoms with Crippen molar-refractivity contribution in [2.75, 3.05) is 26.3 Å². The number of likely N-dealkylation sites (tertiary alicyclic amines) is 1. The predicted octanol–water partition coefficient (Wildman–Crippen LogP) is -0.321. The Kier molecular flexibility index (Phi) is 6.44. The molecule has 0 aromatic rings. The topological polar surface area (TPSA) is 98.9 Å². The van der Waals surface area contributed by atoms with Gasteiger partial charge in [0.1, 0.15) is 0 Å². The molecule has 1 aliphatic rings. The highest BCUT2D eigenvalue weighted by atomic mass is 16.5. The lowest BCUT2D eigenvalue weighted by Crippen LogP contribution is -2.52. The van der Waals surface area contributed by atoms with Crippen LogP contribution in [-0.2, 0) is 23.9 Å². The second kappa shape index (κ2) is 7.84. The quantitative estimate of drug-likeness (QED) is 0.549. The highest BCUT2D eigenvalue weighted by Gasteiger charge is 2.34. The summed E-state index contributed by atoms with van der Waals surface area (Å²) in [5.41, 5.74) is 5.58.